The second-order valence-corrected chi connectivity index (χ2v) is 9.15. The molecule has 0 aromatic heterocycles. The number of carboxylic acid groups (broad SMARTS) is 2. The number of hydrogen-bond acceptors (Lipinski definition) is 2. The van der Waals surface area contributed by atoms with Gasteiger partial charge >= 0.3 is 81.5 Å². The molecule has 2 N–H and O–H groups in total. The van der Waals surface area contributed by atoms with Crippen LogP contribution in [0, 0.1) is 0 Å². The van der Waals surface area contributed by atoms with E-state index < -0.39 is 11.9 Å². The van der Waals surface area contributed by atoms with E-state index in [9.17, 15) is 9.59 Å². The Morgan fingerprint density at radius 2 is 1.38 bits per heavy atom. The summed E-state index contributed by atoms with van der Waals surface area (Å²) in [4.78, 5) is 20.5. The number of rotatable bonds is 11. The molecule has 0 saturated carbocycles. The summed E-state index contributed by atoms with van der Waals surface area (Å²) in [5.41, 5.74) is -0.0376. The second kappa shape index (κ2) is 17.5. The summed E-state index contributed by atoms with van der Waals surface area (Å²) in [7, 11) is 0. The van der Waals surface area contributed by atoms with Crippen molar-refractivity contribution in [3.8, 4) is 0 Å². The van der Waals surface area contributed by atoms with Gasteiger partial charge in [0, 0.05) is 11.6 Å². The van der Waals surface area contributed by atoms with Crippen LogP contribution in [0.3, 0.4) is 0 Å². The number of aliphatic carboxylic acids is 2. The van der Waals surface area contributed by atoms with Crippen molar-refractivity contribution in [3.05, 3.63) is 11.6 Å². The van der Waals surface area contributed by atoms with Gasteiger partial charge in [0.2, 0.25) is 0 Å². The van der Waals surface area contributed by atoms with Crippen LogP contribution >= 0.6 is 0 Å². The standard InChI is InChI=1S/C8H12O4.2C4H9.Sn/c1-2-3-4-6(8(11)12)5-7(9)10;2*1-3-4-2;/h5H,2-4H2,1H3,(H,9,10)(H,11,12);2*1,3-4H2,2H3;/b6-5-;;;. The summed E-state index contributed by atoms with van der Waals surface area (Å²) in [6.07, 6.45) is 8.46. The van der Waals surface area contributed by atoms with Gasteiger partial charge < -0.3 is 10.2 Å². The number of carbonyl (C=O) groups is 2. The third-order valence-corrected chi connectivity index (χ3v) is 6.82. The zero-order chi connectivity index (χ0) is 16.5. The first-order valence-electron chi connectivity index (χ1n) is 7.86. The molecule has 0 aliphatic rings. The van der Waals surface area contributed by atoms with Crippen LogP contribution in [-0.4, -0.2) is 43.3 Å². The Morgan fingerprint density at radius 3 is 1.71 bits per heavy atom. The fourth-order valence-electron chi connectivity index (χ4n) is 1.49. The summed E-state index contributed by atoms with van der Waals surface area (Å²) in [5, 5.41) is 16.8. The molecule has 0 bridgehead atoms. The molecule has 21 heavy (non-hydrogen) atoms. The van der Waals surface area contributed by atoms with E-state index in [1.54, 1.807) is 8.87 Å². The molecule has 0 aromatic rings. The van der Waals surface area contributed by atoms with E-state index in [0.717, 1.165) is 12.5 Å². The van der Waals surface area contributed by atoms with Crippen LogP contribution in [0.1, 0.15) is 65.7 Å². The molecule has 0 fully saturated rings. The third-order valence-electron chi connectivity index (χ3n) is 2.79. The predicted molar refractivity (Wildman–Crippen MR) is 88.1 cm³/mol. The Bertz CT molecular complexity index is 295. The second-order valence-electron chi connectivity index (χ2n) is 4.87. The van der Waals surface area contributed by atoms with Crippen molar-refractivity contribution in [2.24, 2.45) is 0 Å². The Labute approximate surface area is 139 Å². The van der Waals surface area contributed by atoms with Gasteiger partial charge in [-0.3, -0.25) is 0 Å². The normalized spacial score (nSPS) is 10.7. The first kappa shape index (κ1) is 22.8. The zero-order valence-electron chi connectivity index (χ0n) is 13.7. The van der Waals surface area contributed by atoms with Crippen molar-refractivity contribution in [1.82, 2.24) is 0 Å². The van der Waals surface area contributed by atoms with E-state index in [1.807, 2.05) is 6.92 Å². The molecule has 0 aliphatic heterocycles. The minimum atomic E-state index is -1.21. The van der Waals surface area contributed by atoms with Gasteiger partial charge in [0.15, 0.2) is 0 Å². The fraction of sp³-hybridized carbons (Fsp3) is 0.750. The SMILES string of the molecule is CCCC/C(=C/C(=O)O)C(=O)O.CCC[CH2][Sn][CH2]CCC. The minimum absolute atomic E-state index is 0.0376. The molecule has 5 heteroatoms. The van der Waals surface area contributed by atoms with Crippen LogP contribution < -0.4 is 0 Å². The number of unbranched alkanes of at least 4 members (excludes halogenated alkanes) is 3. The van der Waals surface area contributed by atoms with Crippen LogP contribution in [-0.2, 0) is 9.59 Å². The van der Waals surface area contributed by atoms with E-state index in [2.05, 4.69) is 13.8 Å². The molecule has 2 radical (unpaired) electrons. The first-order valence-corrected chi connectivity index (χ1v) is 11.9. The Hall–Kier alpha value is -0.521. The molecular formula is C16H30O4Sn. The molecule has 0 rings (SSSR count). The average molecular weight is 405 g/mol. The Balaban J connectivity index is 0. The van der Waals surface area contributed by atoms with Crippen molar-refractivity contribution in [2.75, 3.05) is 0 Å². The predicted octanol–water partition coefficient (Wildman–Crippen LogP) is 4.40. The number of carboxylic acids is 2. The monoisotopic (exact) mass is 406 g/mol. The summed E-state index contributed by atoms with van der Waals surface area (Å²) in [5.74, 6) is -2.35. The number of hydrogen-bond donors (Lipinski definition) is 2. The Kier molecular flexibility index (Phi) is 19.0. The van der Waals surface area contributed by atoms with Crippen LogP contribution in [0.2, 0.25) is 8.87 Å². The van der Waals surface area contributed by atoms with Crippen LogP contribution in [0.4, 0.5) is 0 Å². The molecule has 0 atom stereocenters. The van der Waals surface area contributed by atoms with Crippen LogP contribution in [0.5, 0.6) is 0 Å². The molecule has 4 nitrogen and oxygen atoms in total. The van der Waals surface area contributed by atoms with E-state index in [0.29, 0.717) is 12.8 Å². The van der Waals surface area contributed by atoms with Crippen molar-refractivity contribution < 1.29 is 19.8 Å². The first-order chi connectivity index (χ1) is 9.99. The van der Waals surface area contributed by atoms with Gasteiger partial charge in [-0.1, -0.05) is 13.3 Å². The van der Waals surface area contributed by atoms with Crippen molar-refractivity contribution in [1.29, 1.82) is 0 Å². The van der Waals surface area contributed by atoms with Crippen molar-refractivity contribution in [3.63, 3.8) is 0 Å². The van der Waals surface area contributed by atoms with Gasteiger partial charge in [-0.05, 0) is 12.8 Å². The van der Waals surface area contributed by atoms with E-state index >= 15 is 0 Å². The summed E-state index contributed by atoms with van der Waals surface area (Å²) in [6.45, 7) is 6.50. The molecule has 0 heterocycles. The van der Waals surface area contributed by atoms with Gasteiger partial charge in [-0.25, -0.2) is 9.59 Å². The Morgan fingerprint density at radius 1 is 0.905 bits per heavy atom. The van der Waals surface area contributed by atoms with E-state index in [1.165, 1.54) is 25.7 Å². The summed E-state index contributed by atoms with van der Waals surface area (Å²) < 4.78 is 3.25. The van der Waals surface area contributed by atoms with Crippen molar-refractivity contribution >= 4 is 33.1 Å². The molecule has 0 unspecified atom stereocenters. The van der Waals surface area contributed by atoms with E-state index in [4.69, 9.17) is 10.2 Å². The topological polar surface area (TPSA) is 74.6 Å². The van der Waals surface area contributed by atoms with Crippen LogP contribution in [0.25, 0.3) is 0 Å². The molecule has 0 spiro atoms. The fourth-order valence-corrected chi connectivity index (χ4v) is 5.64. The van der Waals surface area contributed by atoms with Gasteiger partial charge in [0.1, 0.15) is 0 Å². The van der Waals surface area contributed by atoms with Gasteiger partial charge in [-0.2, -0.15) is 0 Å². The van der Waals surface area contributed by atoms with Crippen LogP contribution in [0.15, 0.2) is 11.6 Å². The van der Waals surface area contributed by atoms with Gasteiger partial charge in [0.25, 0.3) is 0 Å². The molecule has 122 valence electrons. The van der Waals surface area contributed by atoms with Crippen molar-refractivity contribution in [2.45, 2.75) is 74.6 Å². The summed E-state index contributed by atoms with van der Waals surface area (Å²) in [6, 6.07) is 0. The average Bonchev–Trinajstić information content (AvgIpc) is 2.43. The summed E-state index contributed by atoms with van der Waals surface area (Å²) >= 11 is 0.149. The molecular weight excluding hydrogens is 375 g/mol. The molecule has 0 aliphatic carbocycles. The molecule has 0 amide bonds. The molecule has 0 aromatic carbocycles. The maximum atomic E-state index is 10.4. The third kappa shape index (κ3) is 19.5. The van der Waals surface area contributed by atoms with Gasteiger partial charge in [-0.15, -0.1) is 0 Å². The van der Waals surface area contributed by atoms with E-state index in [-0.39, 0.29) is 26.7 Å². The zero-order valence-corrected chi connectivity index (χ0v) is 16.5. The maximum absolute atomic E-state index is 10.4. The quantitative estimate of drug-likeness (QED) is 0.304. The van der Waals surface area contributed by atoms with Gasteiger partial charge in [0.05, 0.1) is 0 Å². The molecule has 0 saturated heterocycles.